The van der Waals surface area contributed by atoms with E-state index in [9.17, 15) is 0 Å². The van der Waals surface area contributed by atoms with Gasteiger partial charge >= 0.3 is 0 Å². The third-order valence-corrected chi connectivity index (χ3v) is 13.7. The third-order valence-electron chi connectivity index (χ3n) is 13.7. The average Bonchev–Trinajstić information content (AvgIpc) is 3.88. The van der Waals surface area contributed by atoms with Crippen LogP contribution in [0.2, 0.25) is 0 Å². The standard InChI is InChI=1S/C63H67N4O.Pt/c1-59(2,3)44-29-30-64-58(37-44)67-55-28-25-45(63(13,14)43-23-19-16-20-24-43)36-54(55)53-27-26-51(39-56(53)67)68-52-35-48(62(10,11)12)32-49(38-52)65-40-57(42-21-17-15-18-22-42)66(41-65)50-33-46(60(4,5)6)31-47(34-50)61(7,8)9;/h15-37,40-41H,1-14H3;/q-3;. The first-order valence-corrected chi connectivity index (χ1v) is 24.1. The van der Waals surface area contributed by atoms with Crippen molar-refractivity contribution in [3.63, 3.8) is 0 Å². The Hall–Kier alpha value is -5.90. The Balaban J connectivity index is 0.00000642. The first-order chi connectivity index (χ1) is 31.9. The number of hydrogen-bond acceptors (Lipinski definition) is 4. The van der Waals surface area contributed by atoms with Gasteiger partial charge in [-0.3, -0.25) is 0 Å². The molecule has 0 saturated heterocycles. The molecule has 358 valence electrons. The van der Waals surface area contributed by atoms with E-state index in [1.807, 2.05) is 12.3 Å². The summed E-state index contributed by atoms with van der Waals surface area (Å²) in [6.07, 6.45) is 4.15. The summed E-state index contributed by atoms with van der Waals surface area (Å²) in [5.41, 5.74) is 13.2. The Morgan fingerprint density at radius 2 is 1.12 bits per heavy atom. The van der Waals surface area contributed by atoms with Gasteiger partial charge in [0.05, 0.1) is 0 Å². The molecule has 0 saturated carbocycles. The van der Waals surface area contributed by atoms with Crippen LogP contribution < -0.4 is 14.5 Å². The molecular formula is C63H67N4OPt-3. The smallest absolute Gasteiger partial charge is 0.135 e. The minimum atomic E-state index is -0.209. The van der Waals surface area contributed by atoms with E-state index in [1.165, 1.54) is 27.8 Å². The van der Waals surface area contributed by atoms with E-state index in [-0.39, 0.29) is 48.1 Å². The number of benzene rings is 6. The molecule has 6 aromatic carbocycles. The van der Waals surface area contributed by atoms with Crippen molar-refractivity contribution in [3.8, 4) is 17.3 Å². The summed E-state index contributed by atoms with van der Waals surface area (Å²) >= 11 is 0. The van der Waals surface area contributed by atoms with Crippen LogP contribution in [0.1, 0.15) is 136 Å². The van der Waals surface area contributed by atoms with Crippen LogP contribution >= 0.6 is 0 Å². The number of nitrogens with zero attached hydrogens (tertiary/aromatic N) is 4. The molecule has 1 aliphatic heterocycles. The summed E-state index contributed by atoms with van der Waals surface area (Å²) < 4.78 is 9.18. The van der Waals surface area contributed by atoms with Gasteiger partial charge in [0.2, 0.25) is 0 Å². The second-order valence-electron chi connectivity index (χ2n) is 23.3. The van der Waals surface area contributed by atoms with E-state index >= 15 is 0 Å². The van der Waals surface area contributed by atoms with Gasteiger partial charge in [-0.15, -0.1) is 53.6 Å². The molecule has 6 heteroatoms. The van der Waals surface area contributed by atoms with Gasteiger partial charge in [0.1, 0.15) is 5.82 Å². The zero-order valence-corrected chi connectivity index (χ0v) is 45.2. The van der Waals surface area contributed by atoms with E-state index < -0.39 is 0 Å². The Morgan fingerprint density at radius 1 is 0.507 bits per heavy atom. The van der Waals surface area contributed by atoms with Crippen LogP contribution in [-0.2, 0) is 48.1 Å². The first kappa shape index (κ1) is 49.5. The van der Waals surface area contributed by atoms with Gasteiger partial charge in [0.25, 0.3) is 0 Å². The van der Waals surface area contributed by atoms with Gasteiger partial charge < -0.3 is 19.1 Å². The van der Waals surface area contributed by atoms with Crippen molar-refractivity contribution in [1.82, 2.24) is 9.55 Å². The summed E-state index contributed by atoms with van der Waals surface area (Å²) in [6.45, 7) is 34.0. The molecule has 0 atom stereocenters. The normalized spacial score (nSPS) is 13.8. The molecule has 0 aliphatic carbocycles. The quantitative estimate of drug-likeness (QED) is 0.142. The van der Waals surface area contributed by atoms with Gasteiger partial charge in [0.15, 0.2) is 0 Å². The van der Waals surface area contributed by atoms with E-state index in [2.05, 4.69) is 264 Å². The van der Waals surface area contributed by atoms with Crippen molar-refractivity contribution in [1.29, 1.82) is 0 Å². The van der Waals surface area contributed by atoms with Crippen LogP contribution in [0.15, 0.2) is 146 Å². The van der Waals surface area contributed by atoms with Crippen molar-refractivity contribution >= 4 is 38.9 Å². The van der Waals surface area contributed by atoms with Crippen molar-refractivity contribution in [2.75, 3.05) is 9.80 Å². The van der Waals surface area contributed by atoms with Crippen LogP contribution in [0.5, 0.6) is 11.5 Å². The minimum Gasteiger partial charge on any atom is -0.509 e. The molecule has 0 radical (unpaired) electrons. The fraction of sp³-hybridized carbons (Fsp3) is 0.302. The number of rotatable bonds is 8. The van der Waals surface area contributed by atoms with Crippen molar-refractivity contribution in [2.24, 2.45) is 0 Å². The largest absolute Gasteiger partial charge is 0.509 e. The molecule has 0 bridgehead atoms. The van der Waals surface area contributed by atoms with E-state index in [1.54, 1.807) is 0 Å². The Morgan fingerprint density at radius 3 is 1.74 bits per heavy atom. The fourth-order valence-electron chi connectivity index (χ4n) is 9.10. The number of ether oxygens (including phenoxy) is 1. The van der Waals surface area contributed by atoms with Gasteiger partial charge in [0, 0.05) is 61.1 Å². The van der Waals surface area contributed by atoms with Gasteiger partial charge in [-0.2, -0.15) is 6.07 Å². The number of hydrogen-bond donors (Lipinski definition) is 0. The number of pyridine rings is 1. The SMILES string of the molecule is CC(C)(C)c1cc(Oc2[c-]c3c(cc2)c2cc(C(C)(C)c4ccccc4)ccc2n3-c2cc(C(C)(C)C)ccn2)[c-]c(N2C=C(c3ccccc3)N(c3cc(C(C)(C)C)cc(C(C)(C)C)c3)[CH-]2)c1.[Pt]. The van der Waals surface area contributed by atoms with Crippen LogP contribution in [0.4, 0.5) is 11.4 Å². The van der Waals surface area contributed by atoms with Crippen LogP contribution in [0.25, 0.3) is 33.3 Å². The molecule has 0 fully saturated rings. The maximum Gasteiger partial charge on any atom is 0.135 e. The maximum atomic E-state index is 6.93. The zero-order chi connectivity index (χ0) is 48.6. The second-order valence-corrected chi connectivity index (χ2v) is 23.3. The molecule has 8 aromatic rings. The first-order valence-electron chi connectivity index (χ1n) is 24.1. The van der Waals surface area contributed by atoms with Crippen molar-refractivity contribution in [2.45, 2.75) is 124 Å². The molecule has 5 nitrogen and oxygen atoms in total. The molecule has 0 N–H and O–H groups in total. The molecule has 0 unspecified atom stereocenters. The summed E-state index contributed by atoms with van der Waals surface area (Å²) in [5, 5.41) is 2.23. The molecule has 2 aromatic heterocycles. The predicted molar refractivity (Wildman–Crippen MR) is 286 cm³/mol. The molecule has 1 aliphatic rings. The average molecular weight is 1090 g/mol. The number of anilines is 2. The van der Waals surface area contributed by atoms with Crippen LogP contribution in [0, 0.1) is 18.8 Å². The molecule has 0 spiro atoms. The van der Waals surface area contributed by atoms with E-state index in [4.69, 9.17) is 9.72 Å². The van der Waals surface area contributed by atoms with Crippen molar-refractivity contribution in [3.05, 3.63) is 204 Å². The van der Waals surface area contributed by atoms with E-state index in [0.29, 0.717) is 11.5 Å². The predicted octanol–water partition coefficient (Wildman–Crippen LogP) is 16.5. The number of aromatic nitrogens is 2. The zero-order valence-electron chi connectivity index (χ0n) is 42.9. The van der Waals surface area contributed by atoms with Crippen LogP contribution in [-0.4, -0.2) is 9.55 Å². The van der Waals surface area contributed by atoms with Gasteiger partial charge in [-0.25, -0.2) is 4.98 Å². The molecule has 69 heavy (non-hydrogen) atoms. The third kappa shape index (κ3) is 9.96. The molecule has 3 heterocycles. The summed E-state index contributed by atoms with van der Waals surface area (Å²) in [6, 6.07) is 55.7. The molecular weight excluding hydrogens is 1020 g/mol. The Bertz CT molecular complexity index is 3160. The van der Waals surface area contributed by atoms with Gasteiger partial charge in [-0.05, 0) is 97.0 Å². The van der Waals surface area contributed by atoms with E-state index in [0.717, 1.165) is 55.8 Å². The Labute approximate surface area is 426 Å². The second kappa shape index (κ2) is 18.1. The molecule has 0 amide bonds. The van der Waals surface area contributed by atoms with Crippen molar-refractivity contribution < 1.29 is 25.8 Å². The summed E-state index contributed by atoms with van der Waals surface area (Å²) in [5.74, 6) is 2.08. The summed E-state index contributed by atoms with van der Waals surface area (Å²) in [7, 11) is 0. The summed E-state index contributed by atoms with van der Waals surface area (Å²) in [4.78, 5) is 9.51. The Kier molecular flexibility index (Phi) is 13.0. The van der Waals surface area contributed by atoms with Gasteiger partial charge in [-0.1, -0.05) is 181 Å². The molecule has 9 rings (SSSR count). The maximum absolute atomic E-state index is 6.93. The monoisotopic (exact) mass is 1090 g/mol. The minimum absolute atomic E-state index is 0. The fourth-order valence-corrected chi connectivity index (χ4v) is 9.10. The topological polar surface area (TPSA) is 33.5 Å². The number of fused-ring (bicyclic) bond motifs is 3. The van der Waals surface area contributed by atoms with Crippen LogP contribution in [0.3, 0.4) is 0 Å².